The van der Waals surface area contributed by atoms with E-state index in [2.05, 4.69) is 25.6 Å². The molecule has 3 aromatic rings. The number of oxazole rings is 1. The SMILES string of the molecule is CCc1nc(C)c(C(=O)NC2CC(c3nnc(Cn4cccn4)n3C)C2)o1. The molecule has 1 N–H and O–H groups in total. The van der Waals surface area contributed by atoms with Gasteiger partial charge in [0, 0.05) is 37.8 Å². The number of aromatic nitrogens is 6. The fraction of sp³-hybridized carbons (Fsp3) is 0.500. The topological polar surface area (TPSA) is 104 Å². The smallest absolute Gasteiger partial charge is 0.289 e. The Bertz CT molecular complexity index is 935. The molecule has 0 atom stereocenters. The summed E-state index contributed by atoms with van der Waals surface area (Å²) in [7, 11) is 1.98. The lowest BCUT2D eigenvalue weighted by molar-refractivity contribution is 0.0876. The summed E-state index contributed by atoms with van der Waals surface area (Å²) >= 11 is 0. The van der Waals surface area contributed by atoms with Gasteiger partial charge >= 0.3 is 0 Å². The summed E-state index contributed by atoms with van der Waals surface area (Å²) in [4.78, 5) is 16.7. The van der Waals surface area contributed by atoms with Crippen LogP contribution in [0.1, 0.15) is 59.5 Å². The summed E-state index contributed by atoms with van der Waals surface area (Å²) in [6.45, 7) is 4.33. The maximum atomic E-state index is 12.4. The van der Waals surface area contributed by atoms with Crippen LogP contribution in [0.25, 0.3) is 0 Å². The second kappa shape index (κ2) is 6.98. The summed E-state index contributed by atoms with van der Waals surface area (Å²) in [5, 5.41) is 15.9. The number of carbonyl (C=O) groups excluding carboxylic acids is 1. The molecule has 27 heavy (non-hydrogen) atoms. The first-order valence-corrected chi connectivity index (χ1v) is 9.18. The zero-order valence-electron chi connectivity index (χ0n) is 15.7. The molecule has 1 aliphatic rings. The van der Waals surface area contributed by atoms with Crippen molar-refractivity contribution in [2.75, 3.05) is 0 Å². The number of aryl methyl sites for hydroxylation is 2. The van der Waals surface area contributed by atoms with E-state index in [0.717, 1.165) is 24.5 Å². The van der Waals surface area contributed by atoms with E-state index in [4.69, 9.17) is 4.42 Å². The third kappa shape index (κ3) is 3.36. The lowest BCUT2D eigenvalue weighted by Gasteiger charge is -2.34. The van der Waals surface area contributed by atoms with Gasteiger partial charge in [0.15, 0.2) is 11.7 Å². The van der Waals surface area contributed by atoms with Crippen LogP contribution in [0, 0.1) is 6.92 Å². The summed E-state index contributed by atoms with van der Waals surface area (Å²) in [6, 6.07) is 2.00. The molecule has 1 aliphatic carbocycles. The molecule has 0 radical (unpaired) electrons. The van der Waals surface area contributed by atoms with Gasteiger partial charge in [-0.05, 0) is 25.8 Å². The Labute approximate surface area is 156 Å². The first-order chi connectivity index (χ1) is 13.0. The van der Waals surface area contributed by atoms with Crippen molar-refractivity contribution in [2.45, 2.75) is 51.6 Å². The summed E-state index contributed by atoms with van der Waals surface area (Å²) in [6.07, 6.45) is 6.00. The molecule has 1 fully saturated rings. The van der Waals surface area contributed by atoms with Crippen molar-refractivity contribution in [2.24, 2.45) is 7.05 Å². The van der Waals surface area contributed by atoms with Crippen LogP contribution in [0.3, 0.4) is 0 Å². The van der Waals surface area contributed by atoms with E-state index >= 15 is 0 Å². The number of carbonyl (C=O) groups is 1. The quantitative estimate of drug-likeness (QED) is 0.708. The average molecular weight is 369 g/mol. The van der Waals surface area contributed by atoms with Crippen LogP contribution in [0.2, 0.25) is 0 Å². The number of amides is 1. The van der Waals surface area contributed by atoms with E-state index in [1.165, 1.54) is 0 Å². The van der Waals surface area contributed by atoms with Gasteiger partial charge in [-0.2, -0.15) is 5.10 Å². The minimum atomic E-state index is -0.194. The third-order valence-electron chi connectivity index (χ3n) is 5.05. The first-order valence-electron chi connectivity index (χ1n) is 9.18. The van der Waals surface area contributed by atoms with Crippen molar-refractivity contribution in [3.63, 3.8) is 0 Å². The molecular weight excluding hydrogens is 346 g/mol. The van der Waals surface area contributed by atoms with Crippen LogP contribution in [0.5, 0.6) is 0 Å². The predicted molar refractivity (Wildman–Crippen MR) is 96.2 cm³/mol. The largest absolute Gasteiger partial charge is 0.435 e. The van der Waals surface area contributed by atoms with Crippen LogP contribution in [0.4, 0.5) is 0 Å². The second-order valence-corrected chi connectivity index (χ2v) is 6.95. The van der Waals surface area contributed by atoms with E-state index in [1.807, 2.05) is 35.5 Å². The highest BCUT2D eigenvalue weighted by Crippen LogP contribution is 2.36. The van der Waals surface area contributed by atoms with Crippen LogP contribution in [-0.4, -0.2) is 41.5 Å². The van der Waals surface area contributed by atoms with E-state index in [1.54, 1.807) is 13.1 Å². The van der Waals surface area contributed by atoms with Crippen molar-refractivity contribution < 1.29 is 9.21 Å². The van der Waals surface area contributed by atoms with Crippen LogP contribution in [0.15, 0.2) is 22.9 Å². The number of rotatable bonds is 6. The van der Waals surface area contributed by atoms with Crippen LogP contribution >= 0.6 is 0 Å². The molecule has 0 unspecified atom stereocenters. The number of hydrogen-bond acceptors (Lipinski definition) is 6. The maximum absolute atomic E-state index is 12.4. The normalized spacial score (nSPS) is 19.1. The zero-order chi connectivity index (χ0) is 19.0. The van der Waals surface area contributed by atoms with Gasteiger partial charge in [0.05, 0.1) is 5.69 Å². The molecule has 3 heterocycles. The Hall–Kier alpha value is -2.97. The molecule has 0 aromatic carbocycles. The Morgan fingerprint density at radius 1 is 1.37 bits per heavy atom. The van der Waals surface area contributed by atoms with Gasteiger partial charge in [0.2, 0.25) is 5.76 Å². The van der Waals surface area contributed by atoms with E-state index < -0.39 is 0 Å². The van der Waals surface area contributed by atoms with Crippen molar-refractivity contribution in [3.05, 3.63) is 47.5 Å². The predicted octanol–water partition coefficient (Wildman–Crippen LogP) is 1.59. The lowest BCUT2D eigenvalue weighted by atomic mass is 9.79. The highest BCUT2D eigenvalue weighted by atomic mass is 16.4. The summed E-state index contributed by atoms with van der Waals surface area (Å²) in [5.41, 5.74) is 0.636. The third-order valence-corrected chi connectivity index (χ3v) is 5.05. The Balaban J connectivity index is 1.35. The summed E-state index contributed by atoms with van der Waals surface area (Å²) < 4.78 is 9.37. The highest BCUT2D eigenvalue weighted by molar-refractivity contribution is 5.92. The monoisotopic (exact) mass is 369 g/mol. The van der Waals surface area contributed by atoms with E-state index in [-0.39, 0.29) is 11.9 Å². The zero-order valence-corrected chi connectivity index (χ0v) is 15.7. The van der Waals surface area contributed by atoms with Crippen molar-refractivity contribution >= 4 is 5.91 Å². The van der Waals surface area contributed by atoms with Crippen molar-refractivity contribution in [1.82, 2.24) is 34.8 Å². The van der Waals surface area contributed by atoms with Crippen LogP contribution in [-0.2, 0) is 20.0 Å². The molecule has 142 valence electrons. The Morgan fingerprint density at radius 3 is 2.85 bits per heavy atom. The summed E-state index contributed by atoms with van der Waals surface area (Å²) in [5.74, 6) is 2.82. The minimum absolute atomic E-state index is 0.114. The standard InChI is InChI=1S/C18H23N7O2/c1-4-15-20-11(2)16(27-15)18(26)21-13-8-12(9-13)17-23-22-14(24(17)3)10-25-7-5-6-19-25/h5-7,12-13H,4,8-10H2,1-3H3,(H,21,26). The highest BCUT2D eigenvalue weighted by Gasteiger charge is 2.35. The fourth-order valence-corrected chi connectivity index (χ4v) is 3.42. The van der Waals surface area contributed by atoms with Crippen LogP contribution < -0.4 is 5.32 Å². The molecule has 1 saturated carbocycles. The van der Waals surface area contributed by atoms with Gasteiger partial charge in [-0.15, -0.1) is 10.2 Å². The van der Waals surface area contributed by atoms with Gasteiger partial charge in [-0.25, -0.2) is 4.98 Å². The second-order valence-electron chi connectivity index (χ2n) is 6.95. The molecule has 4 rings (SSSR count). The Morgan fingerprint density at radius 2 is 2.19 bits per heavy atom. The van der Waals surface area contributed by atoms with Crippen molar-refractivity contribution in [3.8, 4) is 0 Å². The number of hydrogen-bond donors (Lipinski definition) is 1. The van der Waals surface area contributed by atoms with E-state index in [0.29, 0.717) is 36.2 Å². The van der Waals surface area contributed by atoms with Gasteiger partial charge in [-0.3, -0.25) is 9.48 Å². The molecule has 3 aromatic heterocycles. The average Bonchev–Trinajstić information content (AvgIpc) is 3.33. The molecule has 0 bridgehead atoms. The van der Waals surface area contributed by atoms with Gasteiger partial charge in [-0.1, -0.05) is 6.92 Å². The molecule has 9 heteroatoms. The molecule has 9 nitrogen and oxygen atoms in total. The molecule has 0 aliphatic heterocycles. The van der Waals surface area contributed by atoms with Gasteiger partial charge in [0.25, 0.3) is 5.91 Å². The molecule has 0 saturated heterocycles. The number of nitrogens with one attached hydrogen (secondary N) is 1. The fourth-order valence-electron chi connectivity index (χ4n) is 3.42. The molecular formula is C18H23N7O2. The van der Waals surface area contributed by atoms with E-state index in [9.17, 15) is 4.79 Å². The Kier molecular flexibility index (Phi) is 4.51. The van der Waals surface area contributed by atoms with Gasteiger partial charge in [0.1, 0.15) is 12.4 Å². The van der Waals surface area contributed by atoms with Crippen molar-refractivity contribution in [1.29, 1.82) is 0 Å². The lowest BCUT2D eigenvalue weighted by Crippen LogP contribution is -2.44. The molecule has 0 spiro atoms. The minimum Gasteiger partial charge on any atom is -0.435 e. The maximum Gasteiger partial charge on any atom is 0.289 e. The van der Waals surface area contributed by atoms with Gasteiger partial charge < -0.3 is 14.3 Å². The number of nitrogens with zero attached hydrogens (tertiary/aromatic N) is 6. The first kappa shape index (κ1) is 17.4. The molecule has 1 amide bonds.